The van der Waals surface area contributed by atoms with Gasteiger partial charge in [0.1, 0.15) is 5.78 Å². The van der Waals surface area contributed by atoms with Crippen LogP contribution in [-0.2, 0) is 11.2 Å². The lowest BCUT2D eigenvalue weighted by Gasteiger charge is -2.10. The second kappa shape index (κ2) is 15.2. The highest BCUT2D eigenvalue weighted by Crippen LogP contribution is 2.15. The standard InChI is InChI=1S/C24H40O/c1-3-4-5-6-7-8-9-10-11-12-13-17-20-24(25)22(2)21-23-18-15-14-16-19-23/h14-16,18-19,22H,3-13,17,20-21H2,1-2H3. The molecule has 0 N–H and O–H groups in total. The van der Waals surface area contributed by atoms with Crippen molar-refractivity contribution < 1.29 is 4.79 Å². The largest absolute Gasteiger partial charge is 0.299 e. The maximum Gasteiger partial charge on any atom is 0.136 e. The van der Waals surface area contributed by atoms with E-state index in [4.69, 9.17) is 0 Å². The first kappa shape index (κ1) is 21.9. The molecule has 1 heteroatoms. The quantitative estimate of drug-likeness (QED) is 0.283. The number of carbonyl (C=O) groups excluding carboxylic acids is 1. The number of Topliss-reactive ketones (excluding diaryl/α,β-unsaturated/α-hetero) is 1. The molecule has 1 atom stereocenters. The summed E-state index contributed by atoms with van der Waals surface area (Å²) >= 11 is 0. The molecule has 0 radical (unpaired) electrons. The highest BCUT2D eigenvalue weighted by atomic mass is 16.1. The van der Waals surface area contributed by atoms with Crippen LogP contribution in [-0.4, -0.2) is 5.78 Å². The van der Waals surface area contributed by atoms with E-state index in [1.165, 1.54) is 76.2 Å². The Bertz CT molecular complexity index is 423. The molecule has 1 aromatic rings. The molecule has 25 heavy (non-hydrogen) atoms. The van der Waals surface area contributed by atoms with Crippen LogP contribution < -0.4 is 0 Å². The first-order chi connectivity index (χ1) is 12.2. The minimum absolute atomic E-state index is 0.162. The number of unbranched alkanes of at least 4 members (excludes halogenated alkanes) is 11. The zero-order chi connectivity index (χ0) is 18.2. The number of ketones is 1. The molecule has 0 bridgehead atoms. The van der Waals surface area contributed by atoms with E-state index in [9.17, 15) is 4.79 Å². The summed E-state index contributed by atoms with van der Waals surface area (Å²) in [6.45, 7) is 4.35. The van der Waals surface area contributed by atoms with Crippen molar-refractivity contribution in [3.8, 4) is 0 Å². The Balaban J connectivity index is 1.91. The summed E-state index contributed by atoms with van der Waals surface area (Å²) in [6.07, 6.45) is 17.8. The predicted molar refractivity (Wildman–Crippen MR) is 110 cm³/mol. The van der Waals surface area contributed by atoms with Gasteiger partial charge in [0.2, 0.25) is 0 Å². The summed E-state index contributed by atoms with van der Waals surface area (Å²) < 4.78 is 0. The lowest BCUT2D eigenvalue weighted by molar-refractivity contribution is -0.122. The van der Waals surface area contributed by atoms with Crippen LogP contribution in [0, 0.1) is 5.92 Å². The molecule has 0 aliphatic rings. The van der Waals surface area contributed by atoms with Gasteiger partial charge in [0.25, 0.3) is 0 Å². The lowest BCUT2D eigenvalue weighted by atomic mass is 9.94. The highest BCUT2D eigenvalue weighted by molar-refractivity contribution is 5.80. The molecule has 1 nitrogen and oxygen atoms in total. The minimum Gasteiger partial charge on any atom is -0.299 e. The first-order valence-electron chi connectivity index (χ1n) is 10.8. The molecule has 142 valence electrons. The SMILES string of the molecule is CCCCCCCCCCCCCCC(=O)C(C)Cc1ccccc1. The van der Waals surface area contributed by atoms with Crippen LogP contribution >= 0.6 is 0 Å². The zero-order valence-electron chi connectivity index (χ0n) is 16.8. The van der Waals surface area contributed by atoms with Gasteiger partial charge in [0, 0.05) is 12.3 Å². The minimum atomic E-state index is 0.162. The third-order valence-corrected chi connectivity index (χ3v) is 5.21. The van der Waals surface area contributed by atoms with Gasteiger partial charge in [0.15, 0.2) is 0 Å². The van der Waals surface area contributed by atoms with E-state index in [-0.39, 0.29) is 5.92 Å². The van der Waals surface area contributed by atoms with E-state index in [0.29, 0.717) is 5.78 Å². The van der Waals surface area contributed by atoms with Gasteiger partial charge < -0.3 is 0 Å². The van der Waals surface area contributed by atoms with Gasteiger partial charge in [0.05, 0.1) is 0 Å². The van der Waals surface area contributed by atoms with Crippen molar-refractivity contribution in [3.05, 3.63) is 35.9 Å². The highest BCUT2D eigenvalue weighted by Gasteiger charge is 2.12. The van der Waals surface area contributed by atoms with Gasteiger partial charge in [-0.25, -0.2) is 0 Å². The molecule has 1 aromatic carbocycles. The number of benzene rings is 1. The van der Waals surface area contributed by atoms with Gasteiger partial charge in [-0.2, -0.15) is 0 Å². The molecule has 1 unspecified atom stereocenters. The molecule has 0 aliphatic heterocycles. The molecule has 0 aliphatic carbocycles. The van der Waals surface area contributed by atoms with Gasteiger partial charge in [-0.3, -0.25) is 4.79 Å². The van der Waals surface area contributed by atoms with Crippen LogP contribution in [0.15, 0.2) is 30.3 Å². The van der Waals surface area contributed by atoms with E-state index in [1.54, 1.807) is 0 Å². The van der Waals surface area contributed by atoms with Crippen LogP contribution in [0.5, 0.6) is 0 Å². The second-order valence-corrected chi connectivity index (χ2v) is 7.70. The predicted octanol–water partition coefficient (Wildman–Crippen LogP) is 7.53. The fourth-order valence-corrected chi connectivity index (χ4v) is 3.47. The average Bonchev–Trinajstić information content (AvgIpc) is 2.63. The van der Waals surface area contributed by atoms with Gasteiger partial charge >= 0.3 is 0 Å². The summed E-state index contributed by atoms with van der Waals surface area (Å²) in [5.74, 6) is 0.603. The fraction of sp³-hybridized carbons (Fsp3) is 0.708. The van der Waals surface area contributed by atoms with Gasteiger partial charge in [-0.15, -0.1) is 0 Å². The van der Waals surface area contributed by atoms with E-state index in [1.807, 2.05) is 6.07 Å². The molecule has 0 saturated heterocycles. The van der Waals surface area contributed by atoms with E-state index >= 15 is 0 Å². The molecular formula is C24H40O. The van der Waals surface area contributed by atoms with Crippen molar-refractivity contribution in [2.75, 3.05) is 0 Å². The van der Waals surface area contributed by atoms with Crippen molar-refractivity contribution >= 4 is 5.78 Å². The molecule has 0 amide bonds. The van der Waals surface area contributed by atoms with E-state index < -0.39 is 0 Å². The Morgan fingerprint density at radius 3 is 1.76 bits per heavy atom. The van der Waals surface area contributed by atoms with Crippen LogP contribution in [0.25, 0.3) is 0 Å². The molecule has 0 heterocycles. The van der Waals surface area contributed by atoms with Crippen LogP contribution in [0.4, 0.5) is 0 Å². The zero-order valence-corrected chi connectivity index (χ0v) is 16.8. The summed E-state index contributed by atoms with van der Waals surface area (Å²) in [4.78, 5) is 12.2. The fourth-order valence-electron chi connectivity index (χ4n) is 3.47. The third-order valence-electron chi connectivity index (χ3n) is 5.21. The van der Waals surface area contributed by atoms with Crippen LogP contribution in [0.2, 0.25) is 0 Å². The van der Waals surface area contributed by atoms with Crippen molar-refractivity contribution in [2.45, 2.75) is 104 Å². The van der Waals surface area contributed by atoms with Crippen molar-refractivity contribution in [2.24, 2.45) is 5.92 Å². The second-order valence-electron chi connectivity index (χ2n) is 7.70. The van der Waals surface area contributed by atoms with Crippen molar-refractivity contribution in [3.63, 3.8) is 0 Å². The topological polar surface area (TPSA) is 17.1 Å². The van der Waals surface area contributed by atoms with E-state index in [0.717, 1.165) is 19.3 Å². The number of hydrogen-bond acceptors (Lipinski definition) is 1. The Labute approximate surface area is 156 Å². The van der Waals surface area contributed by atoms with Gasteiger partial charge in [-0.1, -0.05) is 115 Å². The Morgan fingerprint density at radius 1 is 0.760 bits per heavy atom. The molecule has 0 spiro atoms. The average molecular weight is 345 g/mol. The Hall–Kier alpha value is -1.11. The van der Waals surface area contributed by atoms with Crippen molar-refractivity contribution in [1.29, 1.82) is 0 Å². The molecule has 0 saturated carbocycles. The van der Waals surface area contributed by atoms with E-state index in [2.05, 4.69) is 38.1 Å². The number of rotatable bonds is 16. The molecular weight excluding hydrogens is 304 g/mol. The third kappa shape index (κ3) is 12.0. The molecule has 0 fully saturated rings. The van der Waals surface area contributed by atoms with Gasteiger partial charge in [-0.05, 0) is 18.4 Å². The van der Waals surface area contributed by atoms with Crippen molar-refractivity contribution in [1.82, 2.24) is 0 Å². The Kier molecular flexibility index (Phi) is 13.3. The first-order valence-corrected chi connectivity index (χ1v) is 10.8. The summed E-state index contributed by atoms with van der Waals surface area (Å²) in [5, 5.41) is 0. The summed E-state index contributed by atoms with van der Waals surface area (Å²) in [7, 11) is 0. The van der Waals surface area contributed by atoms with Crippen LogP contribution in [0.1, 0.15) is 103 Å². The molecule has 1 rings (SSSR count). The van der Waals surface area contributed by atoms with Crippen LogP contribution in [0.3, 0.4) is 0 Å². The molecule has 0 aromatic heterocycles. The lowest BCUT2D eigenvalue weighted by Crippen LogP contribution is -2.13. The Morgan fingerprint density at radius 2 is 1.24 bits per heavy atom. The normalized spacial score (nSPS) is 12.2. The smallest absolute Gasteiger partial charge is 0.136 e. The summed E-state index contributed by atoms with van der Waals surface area (Å²) in [5.41, 5.74) is 1.28. The monoisotopic (exact) mass is 344 g/mol. The number of hydrogen-bond donors (Lipinski definition) is 0. The maximum atomic E-state index is 12.2. The number of carbonyl (C=O) groups is 1. The maximum absolute atomic E-state index is 12.2. The summed E-state index contributed by atoms with van der Waals surface area (Å²) in [6, 6.07) is 10.4.